The summed E-state index contributed by atoms with van der Waals surface area (Å²) in [4.78, 5) is 4.44. The highest BCUT2D eigenvalue weighted by Gasteiger charge is 2.07. The van der Waals surface area contributed by atoms with E-state index in [0.29, 0.717) is 22.6 Å². The summed E-state index contributed by atoms with van der Waals surface area (Å²) < 4.78 is 19.3. The van der Waals surface area contributed by atoms with E-state index in [0.717, 1.165) is 24.1 Å². The SMILES string of the molecule is CCCc1cc(CN)cc(Oc2ccc(F)cc2Br)n1. The zero-order valence-electron chi connectivity index (χ0n) is 11.2. The minimum Gasteiger partial charge on any atom is -0.438 e. The van der Waals surface area contributed by atoms with Crippen LogP contribution in [0.3, 0.4) is 0 Å². The van der Waals surface area contributed by atoms with Crippen molar-refractivity contribution in [3.05, 3.63) is 51.9 Å². The van der Waals surface area contributed by atoms with E-state index in [1.165, 1.54) is 12.1 Å². The molecule has 0 saturated heterocycles. The van der Waals surface area contributed by atoms with Crippen LogP contribution in [0, 0.1) is 5.82 Å². The lowest BCUT2D eigenvalue weighted by molar-refractivity contribution is 0.455. The van der Waals surface area contributed by atoms with Gasteiger partial charge in [0.2, 0.25) is 5.88 Å². The Balaban J connectivity index is 2.29. The molecule has 0 spiro atoms. The predicted molar refractivity (Wildman–Crippen MR) is 80.3 cm³/mol. The summed E-state index contributed by atoms with van der Waals surface area (Å²) >= 11 is 3.27. The van der Waals surface area contributed by atoms with Crippen LogP contribution >= 0.6 is 15.9 Å². The van der Waals surface area contributed by atoms with Gasteiger partial charge in [0.1, 0.15) is 11.6 Å². The second kappa shape index (κ2) is 6.81. The van der Waals surface area contributed by atoms with Crippen molar-refractivity contribution < 1.29 is 9.13 Å². The Bertz CT molecular complexity index is 604. The summed E-state index contributed by atoms with van der Waals surface area (Å²) in [7, 11) is 0. The van der Waals surface area contributed by atoms with Gasteiger partial charge in [-0.1, -0.05) is 13.3 Å². The van der Waals surface area contributed by atoms with E-state index in [4.69, 9.17) is 10.5 Å². The minimum atomic E-state index is -0.320. The number of halogens is 2. The Kier molecular flexibility index (Phi) is 5.09. The van der Waals surface area contributed by atoms with Crippen LogP contribution in [0.25, 0.3) is 0 Å². The molecule has 1 aromatic carbocycles. The lowest BCUT2D eigenvalue weighted by atomic mass is 10.1. The van der Waals surface area contributed by atoms with Crippen LogP contribution in [0.4, 0.5) is 4.39 Å². The van der Waals surface area contributed by atoms with Crippen molar-refractivity contribution in [2.24, 2.45) is 5.73 Å². The van der Waals surface area contributed by atoms with Gasteiger partial charge < -0.3 is 10.5 Å². The summed E-state index contributed by atoms with van der Waals surface area (Å²) in [6.07, 6.45) is 1.87. The van der Waals surface area contributed by atoms with Gasteiger partial charge in [0, 0.05) is 18.3 Å². The number of aromatic nitrogens is 1. The fourth-order valence-corrected chi connectivity index (χ4v) is 2.28. The van der Waals surface area contributed by atoms with Crippen molar-refractivity contribution in [1.82, 2.24) is 4.98 Å². The van der Waals surface area contributed by atoms with Crippen molar-refractivity contribution >= 4 is 15.9 Å². The molecule has 0 aliphatic heterocycles. The molecular weight excluding hydrogens is 323 g/mol. The van der Waals surface area contributed by atoms with Crippen LogP contribution in [0.1, 0.15) is 24.6 Å². The molecular formula is C15H16BrFN2O. The first-order valence-corrected chi connectivity index (χ1v) is 7.24. The van der Waals surface area contributed by atoms with Crippen molar-refractivity contribution in [2.45, 2.75) is 26.3 Å². The topological polar surface area (TPSA) is 48.1 Å². The third kappa shape index (κ3) is 3.77. The third-order valence-corrected chi connectivity index (χ3v) is 3.38. The number of benzene rings is 1. The maximum Gasteiger partial charge on any atom is 0.219 e. The summed E-state index contributed by atoms with van der Waals surface area (Å²) in [6.45, 7) is 2.52. The molecule has 0 unspecified atom stereocenters. The van der Waals surface area contributed by atoms with Crippen LogP contribution in [0.5, 0.6) is 11.6 Å². The van der Waals surface area contributed by atoms with Gasteiger partial charge >= 0.3 is 0 Å². The second-order valence-electron chi connectivity index (χ2n) is 4.44. The number of aryl methyl sites for hydroxylation is 1. The van der Waals surface area contributed by atoms with E-state index in [-0.39, 0.29) is 5.82 Å². The highest BCUT2D eigenvalue weighted by atomic mass is 79.9. The number of nitrogens with two attached hydrogens (primary N) is 1. The number of hydrogen-bond acceptors (Lipinski definition) is 3. The summed E-state index contributed by atoms with van der Waals surface area (Å²) in [5, 5.41) is 0. The molecule has 1 heterocycles. The molecule has 0 bridgehead atoms. The number of hydrogen-bond donors (Lipinski definition) is 1. The molecule has 2 aromatic rings. The molecule has 0 atom stereocenters. The van der Waals surface area contributed by atoms with Crippen molar-refractivity contribution in [3.63, 3.8) is 0 Å². The van der Waals surface area contributed by atoms with Gasteiger partial charge in [0.05, 0.1) is 4.47 Å². The number of rotatable bonds is 5. The lowest BCUT2D eigenvalue weighted by Gasteiger charge is -2.10. The van der Waals surface area contributed by atoms with Gasteiger partial charge in [0.25, 0.3) is 0 Å². The zero-order valence-corrected chi connectivity index (χ0v) is 12.8. The van der Waals surface area contributed by atoms with Gasteiger partial charge in [-0.25, -0.2) is 9.37 Å². The third-order valence-electron chi connectivity index (χ3n) is 2.76. The van der Waals surface area contributed by atoms with Crippen molar-refractivity contribution in [3.8, 4) is 11.6 Å². The molecule has 2 rings (SSSR count). The van der Waals surface area contributed by atoms with E-state index in [9.17, 15) is 4.39 Å². The zero-order chi connectivity index (χ0) is 14.5. The highest BCUT2D eigenvalue weighted by Crippen LogP contribution is 2.30. The maximum atomic E-state index is 13.1. The summed E-state index contributed by atoms with van der Waals surface area (Å²) in [5.41, 5.74) is 7.60. The van der Waals surface area contributed by atoms with Crippen molar-refractivity contribution in [1.29, 1.82) is 0 Å². The van der Waals surface area contributed by atoms with E-state index in [1.54, 1.807) is 12.1 Å². The molecule has 5 heteroatoms. The highest BCUT2D eigenvalue weighted by molar-refractivity contribution is 9.10. The molecule has 106 valence electrons. The Morgan fingerprint density at radius 1 is 1.30 bits per heavy atom. The Hall–Kier alpha value is -1.46. The molecule has 3 nitrogen and oxygen atoms in total. The van der Waals surface area contributed by atoms with Crippen LogP contribution in [0.15, 0.2) is 34.8 Å². The average molecular weight is 339 g/mol. The van der Waals surface area contributed by atoms with Gasteiger partial charge in [0.15, 0.2) is 0 Å². The summed E-state index contributed by atoms with van der Waals surface area (Å²) in [5.74, 6) is 0.679. The Morgan fingerprint density at radius 3 is 2.75 bits per heavy atom. The normalized spacial score (nSPS) is 10.6. The van der Waals surface area contributed by atoms with E-state index in [1.807, 2.05) is 6.07 Å². The fraction of sp³-hybridized carbons (Fsp3) is 0.267. The van der Waals surface area contributed by atoms with Gasteiger partial charge in [-0.05, 0) is 52.2 Å². The molecule has 0 fully saturated rings. The number of ether oxygens (including phenoxy) is 1. The number of nitrogens with zero attached hydrogens (tertiary/aromatic N) is 1. The van der Waals surface area contributed by atoms with E-state index in [2.05, 4.69) is 27.8 Å². The molecule has 1 aromatic heterocycles. The second-order valence-corrected chi connectivity index (χ2v) is 5.29. The molecule has 0 amide bonds. The van der Waals surface area contributed by atoms with Gasteiger partial charge in [-0.15, -0.1) is 0 Å². The largest absolute Gasteiger partial charge is 0.438 e. The predicted octanol–water partition coefficient (Wildman–Crippen LogP) is 4.19. The standard InChI is InChI=1S/C15H16BrFN2O/c1-2-3-12-6-10(9-18)7-15(19-12)20-14-5-4-11(17)8-13(14)16/h4-8H,2-3,9,18H2,1H3. The molecule has 0 aliphatic rings. The van der Waals surface area contributed by atoms with Crippen LogP contribution < -0.4 is 10.5 Å². The Morgan fingerprint density at radius 2 is 2.10 bits per heavy atom. The van der Waals surface area contributed by atoms with Crippen molar-refractivity contribution in [2.75, 3.05) is 0 Å². The molecule has 0 saturated carbocycles. The molecule has 0 radical (unpaired) electrons. The maximum absolute atomic E-state index is 13.1. The van der Waals surface area contributed by atoms with Gasteiger partial charge in [-0.2, -0.15) is 0 Å². The van der Waals surface area contributed by atoms with Crippen LogP contribution in [0.2, 0.25) is 0 Å². The quantitative estimate of drug-likeness (QED) is 0.889. The van der Waals surface area contributed by atoms with Crippen LogP contribution in [-0.4, -0.2) is 4.98 Å². The molecule has 2 N–H and O–H groups in total. The molecule has 0 aliphatic carbocycles. The monoisotopic (exact) mass is 338 g/mol. The first-order chi connectivity index (χ1) is 9.62. The van der Waals surface area contributed by atoms with E-state index >= 15 is 0 Å². The first kappa shape index (κ1) is 14.9. The molecule has 20 heavy (non-hydrogen) atoms. The number of pyridine rings is 1. The average Bonchev–Trinajstić information content (AvgIpc) is 2.42. The smallest absolute Gasteiger partial charge is 0.219 e. The fourth-order valence-electron chi connectivity index (χ4n) is 1.85. The van der Waals surface area contributed by atoms with Crippen LogP contribution in [-0.2, 0) is 13.0 Å². The van der Waals surface area contributed by atoms with E-state index < -0.39 is 0 Å². The minimum absolute atomic E-state index is 0.320. The lowest BCUT2D eigenvalue weighted by Crippen LogP contribution is -2.01. The first-order valence-electron chi connectivity index (χ1n) is 6.45. The van der Waals surface area contributed by atoms with Gasteiger partial charge in [-0.3, -0.25) is 0 Å². The Labute approximate surface area is 126 Å². The summed E-state index contributed by atoms with van der Waals surface area (Å²) in [6, 6.07) is 8.05.